The van der Waals surface area contributed by atoms with Crippen molar-refractivity contribution in [1.29, 1.82) is 0 Å². The molecule has 0 amide bonds. The second kappa shape index (κ2) is 2.87. The Morgan fingerprint density at radius 2 is 2.08 bits per heavy atom. The molecule has 1 atom stereocenters. The lowest BCUT2D eigenvalue weighted by atomic mass is 10.2. The maximum absolute atomic E-state index is 12.9. The zero-order valence-corrected chi connectivity index (χ0v) is 7.57. The molecule has 0 saturated heterocycles. The van der Waals surface area contributed by atoms with Crippen LogP contribution in [0, 0.1) is 0 Å². The number of alkyl halides is 1. The molecule has 2 heteroatoms. The number of fused-ring (bicyclic) bond motifs is 1. The smallest absolute Gasteiger partial charge is 0.131 e. The normalized spacial score (nSPS) is 13.5. The van der Waals surface area contributed by atoms with E-state index >= 15 is 0 Å². The van der Waals surface area contributed by atoms with Crippen molar-refractivity contribution in [3.63, 3.8) is 0 Å². The fraction of sp³-hybridized carbons (Fsp3) is 0.200. The molecule has 62 valence electrons. The Morgan fingerprint density at radius 1 is 1.33 bits per heavy atom. The van der Waals surface area contributed by atoms with E-state index in [4.69, 9.17) is 0 Å². The lowest BCUT2D eigenvalue weighted by Gasteiger charge is -1.91. The third-order valence-corrected chi connectivity index (χ3v) is 3.11. The predicted molar refractivity (Wildman–Crippen MR) is 51.3 cm³/mol. The summed E-state index contributed by atoms with van der Waals surface area (Å²) in [5, 5.41) is 1.14. The molecule has 0 N–H and O–H groups in total. The van der Waals surface area contributed by atoms with Gasteiger partial charge in [0.15, 0.2) is 0 Å². The van der Waals surface area contributed by atoms with Crippen LogP contribution in [0.15, 0.2) is 30.3 Å². The number of hydrogen-bond acceptors (Lipinski definition) is 1. The van der Waals surface area contributed by atoms with E-state index in [1.807, 2.05) is 30.3 Å². The molecule has 12 heavy (non-hydrogen) atoms. The Bertz CT molecular complexity index is 356. The van der Waals surface area contributed by atoms with E-state index in [2.05, 4.69) is 0 Å². The number of benzene rings is 1. The minimum Gasteiger partial charge on any atom is -0.242 e. The Kier molecular flexibility index (Phi) is 1.85. The fourth-order valence-corrected chi connectivity index (χ4v) is 2.19. The molecule has 0 fully saturated rings. The molecule has 1 unspecified atom stereocenters. The van der Waals surface area contributed by atoms with Crippen molar-refractivity contribution in [2.75, 3.05) is 0 Å². The van der Waals surface area contributed by atoms with Crippen molar-refractivity contribution in [1.82, 2.24) is 0 Å². The van der Waals surface area contributed by atoms with Gasteiger partial charge in [0.05, 0.1) is 0 Å². The van der Waals surface area contributed by atoms with Gasteiger partial charge >= 0.3 is 0 Å². The van der Waals surface area contributed by atoms with Crippen LogP contribution in [0.2, 0.25) is 0 Å². The number of rotatable bonds is 1. The molecular weight excluding hydrogens is 171 g/mol. The topological polar surface area (TPSA) is 0 Å². The molecule has 0 nitrogen and oxygen atoms in total. The summed E-state index contributed by atoms with van der Waals surface area (Å²) in [6, 6.07) is 9.90. The Labute approximate surface area is 74.6 Å². The summed E-state index contributed by atoms with van der Waals surface area (Å²) in [6.45, 7) is 1.57. The maximum atomic E-state index is 12.9. The first-order valence-electron chi connectivity index (χ1n) is 3.90. The van der Waals surface area contributed by atoms with Crippen molar-refractivity contribution in [3.8, 4) is 0 Å². The molecule has 0 spiro atoms. The van der Waals surface area contributed by atoms with Gasteiger partial charge in [-0.2, -0.15) is 0 Å². The Balaban J connectivity index is 2.62. The SMILES string of the molecule is CC(F)c1cc2ccccc2s1. The summed E-state index contributed by atoms with van der Waals surface area (Å²) in [7, 11) is 0. The second-order valence-corrected chi connectivity index (χ2v) is 3.92. The summed E-state index contributed by atoms with van der Waals surface area (Å²) in [5.74, 6) is 0. The molecule has 2 aromatic rings. The van der Waals surface area contributed by atoms with E-state index in [-0.39, 0.29) is 0 Å². The zero-order chi connectivity index (χ0) is 8.55. The van der Waals surface area contributed by atoms with Gasteiger partial charge in [-0.1, -0.05) is 18.2 Å². The molecule has 0 radical (unpaired) electrons. The first-order valence-corrected chi connectivity index (χ1v) is 4.71. The van der Waals surface area contributed by atoms with Crippen LogP contribution >= 0.6 is 11.3 Å². The highest BCUT2D eigenvalue weighted by Crippen LogP contribution is 2.30. The first kappa shape index (κ1) is 7.74. The van der Waals surface area contributed by atoms with Gasteiger partial charge in [0, 0.05) is 9.58 Å². The van der Waals surface area contributed by atoms with Crippen molar-refractivity contribution in [2.45, 2.75) is 13.1 Å². The van der Waals surface area contributed by atoms with Crippen molar-refractivity contribution in [3.05, 3.63) is 35.2 Å². The lowest BCUT2D eigenvalue weighted by molar-refractivity contribution is 0.380. The zero-order valence-electron chi connectivity index (χ0n) is 6.75. The highest BCUT2D eigenvalue weighted by atomic mass is 32.1. The van der Waals surface area contributed by atoms with Crippen LogP contribution in [-0.2, 0) is 0 Å². The van der Waals surface area contributed by atoms with Gasteiger partial charge in [-0.05, 0) is 24.4 Å². The van der Waals surface area contributed by atoms with E-state index in [1.165, 1.54) is 11.3 Å². The van der Waals surface area contributed by atoms with E-state index in [9.17, 15) is 4.39 Å². The number of hydrogen-bond donors (Lipinski definition) is 0. The largest absolute Gasteiger partial charge is 0.242 e. The predicted octanol–water partition coefficient (Wildman–Crippen LogP) is 3.93. The Hall–Kier alpha value is -0.890. The van der Waals surface area contributed by atoms with Crippen LogP contribution in [0.25, 0.3) is 10.1 Å². The third kappa shape index (κ3) is 1.23. The van der Waals surface area contributed by atoms with Gasteiger partial charge in [-0.25, -0.2) is 4.39 Å². The third-order valence-electron chi connectivity index (χ3n) is 1.84. The summed E-state index contributed by atoms with van der Waals surface area (Å²) in [4.78, 5) is 0.816. The molecular formula is C10H9FS. The first-order chi connectivity index (χ1) is 5.77. The van der Waals surface area contributed by atoms with E-state index in [0.717, 1.165) is 15.0 Å². The van der Waals surface area contributed by atoms with Crippen LogP contribution in [0.1, 0.15) is 18.0 Å². The summed E-state index contributed by atoms with van der Waals surface area (Å²) in [6.07, 6.45) is -0.845. The van der Waals surface area contributed by atoms with Gasteiger partial charge in [0.2, 0.25) is 0 Å². The molecule has 1 aromatic carbocycles. The Morgan fingerprint density at radius 3 is 2.75 bits per heavy atom. The number of halogens is 1. The summed E-state index contributed by atoms with van der Waals surface area (Å²) >= 11 is 1.53. The van der Waals surface area contributed by atoms with E-state index in [1.54, 1.807) is 6.92 Å². The minimum atomic E-state index is -0.845. The second-order valence-electron chi connectivity index (χ2n) is 2.80. The summed E-state index contributed by atoms with van der Waals surface area (Å²) in [5.41, 5.74) is 0. The molecule has 0 saturated carbocycles. The van der Waals surface area contributed by atoms with Crippen molar-refractivity contribution in [2.24, 2.45) is 0 Å². The van der Waals surface area contributed by atoms with Crippen LogP contribution in [-0.4, -0.2) is 0 Å². The highest BCUT2D eigenvalue weighted by molar-refractivity contribution is 7.19. The average Bonchev–Trinajstić information content (AvgIpc) is 2.46. The van der Waals surface area contributed by atoms with E-state index < -0.39 is 6.17 Å². The molecule has 0 bridgehead atoms. The highest BCUT2D eigenvalue weighted by Gasteiger charge is 2.06. The average molecular weight is 180 g/mol. The van der Waals surface area contributed by atoms with Gasteiger partial charge in [0.1, 0.15) is 6.17 Å². The van der Waals surface area contributed by atoms with Crippen molar-refractivity contribution >= 4 is 21.4 Å². The summed E-state index contributed by atoms with van der Waals surface area (Å²) < 4.78 is 14.0. The number of thiophene rings is 1. The minimum absolute atomic E-state index is 0.816. The lowest BCUT2D eigenvalue weighted by Crippen LogP contribution is -1.74. The van der Waals surface area contributed by atoms with Gasteiger partial charge in [-0.3, -0.25) is 0 Å². The quantitative estimate of drug-likeness (QED) is 0.623. The van der Waals surface area contributed by atoms with E-state index in [0.29, 0.717) is 0 Å². The molecule has 2 rings (SSSR count). The van der Waals surface area contributed by atoms with Crippen LogP contribution in [0.5, 0.6) is 0 Å². The van der Waals surface area contributed by atoms with Crippen LogP contribution in [0.4, 0.5) is 4.39 Å². The fourth-order valence-electron chi connectivity index (χ4n) is 1.20. The molecule has 1 aromatic heterocycles. The maximum Gasteiger partial charge on any atom is 0.131 e. The van der Waals surface area contributed by atoms with Crippen LogP contribution < -0.4 is 0 Å². The van der Waals surface area contributed by atoms with Crippen molar-refractivity contribution < 1.29 is 4.39 Å². The molecule has 0 aliphatic rings. The van der Waals surface area contributed by atoms with Gasteiger partial charge in [0.25, 0.3) is 0 Å². The van der Waals surface area contributed by atoms with Gasteiger partial charge in [-0.15, -0.1) is 11.3 Å². The molecule has 0 aliphatic heterocycles. The monoisotopic (exact) mass is 180 g/mol. The van der Waals surface area contributed by atoms with Gasteiger partial charge < -0.3 is 0 Å². The molecule has 0 aliphatic carbocycles. The van der Waals surface area contributed by atoms with Crippen LogP contribution in [0.3, 0.4) is 0 Å². The standard InChI is InChI=1S/C10H9FS/c1-7(11)10-6-8-4-2-3-5-9(8)12-10/h2-7H,1H3. The molecule has 1 heterocycles.